The zero-order valence-electron chi connectivity index (χ0n) is 20.1. The van der Waals surface area contributed by atoms with Crippen LogP contribution in [-0.2, 0) is 9.53 Å². The number of esters is 1. The Kier molecular flexibility index (Phi) is 7.24. The Hall–Kier alpha value is -4.04. The van der Waals surface area contributed by atoms with E-state index in [2.05, 4.69) is 5.10 Å². The first-order valence-corrected chi connectivity index (χ1v) is 12.5. The number of allylic oxidation sites excluding steroid dienone is 1. The molecule has 1 fully saturated rings. The van der Waals surface area contributed by atoms with Gasteiger partial charge in [0.25, 0.3) is 5.91 Å². The summed E-state index contributed by atoms with van der Waals surface area (Å²) in [5.41, 5.74) is 3.00. The summed E-state index contributed by atoms with van der Waals surface area (Å²) in [4.78, 5) is 25.9. The monoisotopic (exact) mass is 536 g/mol. The van der Waals surface area contributed by atoms with Gasteiger partial charge in [0.15, 0.2) is 6.61 Å². The van der Waals surface area contributed by atoms with Crippen LogP contribution < -0.4 is 0 Å². The number of rotatable bonds is 5. The second kappa shape index (κ2) is 10.8. The molecule has 0 spiro atoms. The standard InChI is InChI=1S/C29H23ClF2N2O4/c30-20-8-13-25(35)24(15-20)29(37)38-16-26(36)34-28(18-6-11-22(32)12-7-18)23-3-1-2-19(27(23)33-34)14-17-4-9-21(31)10-5-17/h4-15,23,28,35H,1-3,16H2. The van der Waals surface area contributed by atoms with Crippen LogP contribution in [-0.4, -0.2) is 34.3 Å². The smallest absolute Gasteiger partial charge is 0.342 e. The Morgan fingerprint density at radius 2 is 1.74 bits per heavy atom. The van der Waals surface area contributed by atoms with Gasteiger partial charge in [0, 0.05) is 10.9 Å². The van der Waals surface area contributed by atoms with Gasteiger partial charge in [-0.05, 0) is 84.5 Å². The fourth-order valence-corrected chi connectivity index (χ4v) is 5.08. The molecule has 1 saturated carbocycles. The van der Waals surface area contributed by atoms with Gasteiger partial charge in [-0.1, -0.05) is 35.9 Å². The average Bonchev–Trinajstić information content (AvgIpc) is 3.31. The third-order valence-electron chi connectivity index (χ3n) is 6.68. The molecule has 3 aromatic rings. The lowest BCUT2D eigenvalue weighted by molar-refractivity contribution is -0.137. The molecule has 2 unspecified atom stereocenters. The normalized spacial score (nSPS) is 19.7. The van der Waals surface area contributed by atoms with Crippen molar-refractivity contribution in [2.24, 2.45) is 11.0 Å². The summed E-state index contributed by atoms with van der Waals surface area (Å²) in [6.45, 7) is -0.622. The molecule has 1 heterocycles. The lowest BCUT2D eigenvalue weighted by Gasteiger charge is -2.29. The molecule has 38 heavy (non-hydrogen) atoms. The molecule has 1 N–H and O–H groups in total. The zero-order valence-corrected chi connectivity index (χ0v) is 20.9. The predicted octanol–water partition coefficient (Wildman–Crippen LogP) is 6.30. The van der Waals surface area contributed by atoms with Crippen LogP contribution in [0.1, 0.15) is 46.8 Å². The van der Waals surface area contributed by atoms with E-state index < -0.39 is 30.3 Å². The van der Waals surface area contributed by atoms with Gasteiger partial charge < -0.3 is 9.84 Å². The average molecular weight is 537 g/mol. The minimum absolute atomic E-state index is 0.155. The van der Waals surface area contributed by atoms with Gasteiger partial charge in [0.05, 0.1) is 11.8 Å². The fourth-order valence-electron chi connectivity index (χ4n) is 4.90. The Labute approximate surface area is 222 Å². The highest BCUT2D eigenvalue weighted by molar-refractivity contribution is 6.31. The van der Waals surface area contributed by atoms with Crippen LogP contribution in [0.25, 0.3) is 6.08 Å². The van der Waals surface area contributed by atoms with E-state index in [1.54, 1.807) is 24.3 Å². The zero-order chi connectivity index (χ0) is 26.8. The summed E-state index contributed by atoms with van der Waals surface area (Å²) in [6.07, 6.45) is 4.26. The summed E-state index contributed by atoms with van der Waals surface area (Å²) in [6, 6.07) is 15.4. The van der Waals surface area contributed by atoms with Crippen molar-refractivity contribution in [3.05, 3.63) is 106 Å². The Morgan fingerprint density at radius 1 is 1.05 bits per heavy atom. The molecule has 0 aromatic heterocycles. The number of benzene rings is 3. The van der Waals surface area contributed by atoms with Crippen molar-refractivity contribution in [3.8, 4) is 5.75 Å². The first-order chi connectivity index (χ1) is 18.3. The van der Waals surface area contributed by atoms with Gasteiger partial charge in [-0.3, -0.25) is 4.79 Å². The first-order valence-electron chi connectivity index (χ1n) is 12.1. The third kappa shape index (κ3) is 5.31. The number of carbonyl (C=O) groups is 2. The fraction of sp³-hybridized carbons (Fsp3) is 0.207. The minimum atomic E-state index is -0.905. The molecular formula is C29H23ClF2N2O4. The highest BCUT2D eigenvalue weighted by Crippen LogP contribution is 2.44. The molecule has 3 aromatic carbocycles. The number of fused-ring (bicyclic) bond motifs is 1. The SMILES string of the molecule is O=C(OCC(=O)N1N=C2C(=Cc3ccc(F)cc3)CCCC2C1c1ccc(F)cc1)c1cc(Cl)ccc1O. The molecule has 2 atom stereocenters. The maximum absolute atomic E-state index is 13.7. The topological polar surface area (TPSA) is 79.2 Å². The van der Waals surface area contributed by atoms with E-state index in [-0.39, 0.29) is 28.1 Å². The van der Waals surface area contributed by atoms with Crippen molar-refractivity contribution in [1.82, 2.24) is 5.01 Å². The van der Waals surface area contributed by atoms with Crippen molar-refractivity contribution in [2.75, 3.05) is 6.61 Å². The van der Waals surface area contributed by atoms with Crippen molar-refractivity contribution >= 4 is 35.3 Å². The predicted molar refractivity (Wildman–Crippen MR) is 139 cm³/mol. The molecule has 0 radical (unpaired) electrons. The van der Waals surface area contributed by atoms with Crippen LogP contribution in [0.4, 0.5) is 8.78 Å². The molecule has 5 rings (SSSR count). The Morgan fingerprint density at radius 3 is 2.45 bits per heavy atom. The first kappa shape index (κ1) is 25.6. The molecule has 1 amide bonds. The van der Waals surface area contributed by atoms with Crippen molar-refractivity contribution in [1.29, 1.82) is 0 Å². The third-order valence-corrected chi connectivity index (χ3v) is 6.92. The molecular weight excluding hydrogens is 514 g/mol. The van der Waals surface area contributed by atoms with Crippen molar-refractivity contribution in [2.45, 2.75) is 25.3 Å². The van der Waals surface area contributed by atoms with Gasteiger partial charge in [0.2, 0.25) is 0 Å². The summed E-state index contributed by atoms with van der Waals surface area (Å²) in [7, 11) is 0. The second-order valence-electron chi connectivity index (χ2n) is 9.18. The summed E-state index contributed by atoms with van der Waals surface area (Å²) in [5, 5.41) is 16.2. The van der Waals surface area contributed by atoms with Crippen molar-refractivity contribution < 1.29 is 28.2 Å². The van der Waals surface area contributed by atoms with E-state index in [1.807, 2.05) is 6.08 Å². The molecule has 2 aliphatic rings. The number of phenolic OH excluding ortho intramolecular Hbond substituents is 1. The van der Waals surface area contributed by atoms with Gasteiger partial charge in [-0.2, -0.15) is 5.10 Å². The van der Waals surface area contributed by atoms with E-state index >= 15 is 0 Å². The largest absolute Gasteiger partial charge is 0.507 e. The van der Waals surface area contributed by atoms with Crippen LogP contribution in [0, 0.1) is 17.6 Å². The molecule has 1 aliphatic carbocycles. The lowest BCUT2D eigenvalue weighted by Crippen LogP contribution is -2.34. The number of nitrogens with zero attached hydrogens (tertiary/aromatic N) is 2. The highest BCUT2D eigenvalue weighted by atomic mass is 35.5. The number of ether oxygens (including phenoxy) is 1. The highest BCUT2D eigenvalue weighted by Gasteiger charge is 2.44. The number of hydrogen-bond acceptors (Lipinski definition) is 5. The minimum Gasteiger partial charge on any atom is -0.507 e. The summed E-state index contributed by atoms with van der Waals surface area (Å²) in [5.74, 6) is -2.69. The van der Waals surface area contributed by atoms with E-state index in [1.165, 1.54) is 47.5 Å². The molecule has 0 saturated heterocycles. The summed E-state index contributed by atoms with van der Waals surface area (Å²) >= 11 is 5.91. The number of amides is 1. The molecule has 0 bridgehead atoms. The van der Waals surface area contributed by atoms with Crippen molar-refractivity contribution in [3.63, 3.8) is 0 Å². The summed E-state index contributed by atoms with van der Waals surface area (Å²) < 4.78 is 32.3. The maximum Gasteiger partial charge on any atom is 0.342 e. The number of hydrazone groups is 1. The Bertz CT molecular complexity index is 1440. The molecule has 6 nitrogen and oxygen atoms in total. The number of aromatic hydroxyl groups is 1. The molecule has 194 valence electrons. The van der Waals surface area contributed by atoms with E-state index in [0.717, 1.165) is 36.1 Å². The van der Waals surface area contributed by atoms with Crippen LogP contribution in [0.5, 0.6) is 5.75 Å². The number of phenols is 1. The van der Waals surface area contributed by atoms with Gasteiger partial charge >= 0.3 is 5.97 Å². The maximum atomic E-state index is 13.7. The number of carbonyl (C=O) groups excluding carboxylic acids is 2. The number of hydrogen-bond donors (Lipinski definition) is 1. The van der Waals surface area contributed by atoms with Gasteiger partial charge in [-0.15, -0.1) is 0 Å². The van der Waals surface area contributed by atoms with Crippen LogP contribution in [0.2, 0.25) is 5.02 Å². The molecule has 9 heteroatoms. The van der Waals surface area contributed by atoms with E-state index in [0.29, 0.717) is 5.56 Å². The van der Waals surface area contributed by atoms with E-state index in [9.17, 15) is 23.5 Å². The van der Waals surface area contributed by atoms with Crippen LogP contribution in [0.15, 0.2) is 77.4 Å². The Balaban J connectivity index is 1.44. The van der Waals surface area contributed by atoms with Crippen LogP contribution >= 0.6 is 11.6 Å². The van der Waals surface area contributed by atoms with Gasteiger partial charge in [0.1, 0.15) is 22.9 Å². The quantitative estimate of drug-likeness (QED) is 0.388. The molecule has 1 aliphatic heterocycles. The second-order valence-corrected chi connectivity index (χ2v) is 9.61. The number of halogens is 3. The van der Waals surface area contributed by atoms with E-state index in [4.69, 9.17) is 16.3 Å². The lowest BCUT2D eigenvalue weighted by atomic mass is 9.77. The van der Waals surface area contributed by atoms with Gasteiger partial charge in [-0.25, -0.2) is 18.6 Å². The van der Waals surface area contributed by atoms with Crippen LogP contribution in [0.3, 0.4) is 0 Å².